The van der Waals surface area contributed by atoms with Gasteiger partial charge in [-0.3, -0.25) is 10.1 Å². The van der Waals surface area contributed by atoms with E-state index in [1.54, 1.807) is 6.07 Å². The number of aromatic nitrogens is 2. The van der Waals surface area contributed by atoms with Crippen molar-refractivity contribution < 1.29 is 4.79 Å². The number of anilines is 1. The molecule has 112 valence electrons. The quantitative estimate of drug-likeness (QED) is 0.925. The van der Waals surface area contributed by atoms with Gasteiger partial charge in [0.25, 0.3) is 0 Å². The fourth-order valence-electron chi connectivity index (χ4n) is 2.61. The Kier molecular flexibility index (Phi) is 4.10. The predicted molar refractivity (Wildman–Crippen MR) is 85.5 cm³/mol. The van der Waals surface area contributed by atoms with Crippen LogP contribution in [0, 0.1) is 16.7 Å². The molecule has 2 aromatic rings. The number of hydrogen-bond donors (Lipinski definition) is 1. The summed E-state index contributed by atoms with van der Waals surface area (Å²) in [6, 6.07) is 9.49. The van der Waals surface area contributed by atoms with Gasteiger partial charge in [0.15, 0.2) is 0 Å². The Morgan fingerprint density at radius 3 is 2.77 bits per heavy atom. The van der Waals surface area contributed by atoms with E-state index in [1.165, 1.54) is 0 Å². The lowest BCUT2D eigenvalue weighted by atomic mass is 9.87. The molecule has 1 N–H and O–H groups in total. The van der Waals surface area contributed by atoms with Crippen molar-refractivity contribution in [3.05, 3.63) is 29.3 Å². The Morgan fingerprint density at radius 1 is 1.36 bits per heavy atom. The molecule has 0 bridgehead atoms. The molecule has 1 fully saturated rings. The van der Waals surface area contributed by atoms with Crippen LogP contribution >= 0.6 is 23.1 Å². The number of carbonyl (C=O) groups is 1. The van der Waals surface area contributed by atoms with Crippen LogP contribution in [0.25, 0.3) is 10.6 Å². The highest BCUT2D eigenvalue weighted by Gasteiger charge is 2.41. The molecule has 1 aliphatic rings. The zero-order valence-corrected chi connectivity index (χ0v) is 13.2. The molecule has 1 heterocycles. The minimum atomic E-state index is -0.935. The summed E-state index contributed by atoms with van der Waals surface area (Å²) < 4.78 is 4.14. The van der Waals surface area contributed by atoms with Crippen LogP contribution in [0.2, 0.25) is 5.02 Å². The van der Waals surface area contributed by atoms with Gasteiger partial charge in [0.2, 0.25) is 11.9 Å². The summed E-state index contributed by atoms with van der Waals surface area (Å²) in [6.45, 7) is 0. The first-order valence-electron chi connectivity index (χ1n) is 6.96. The highest BCUT2D eigenvalue weighted by Crippen LogP contribution is 2.38. The van der Waals surface area contributed by atoms with E-state index in [1.807, 2.05) is 18.2 Å². The Hall–Kier alpha value is -1.97. The summed E-state index contributed by atoms with van der Waals surface area (Å²) in [5.74, 6) is -0.0811. The smallest absolute Gasteiger partial charge is 0.247 e. The largest absolute Gasteiger partial charge is 0.292 e. The van der Waals surface area contributed by atoms with Gasteiger partial charge in [0.1, 0.15) is 10.4 Å². The van der Waals surface area contributed by atoms with E-state index in [-0.39, 0.29) is 11.9 Å². The number of nitriles is 1. The van der Waals surface area contributed by atoms with Crippen LogP contribution in [0.5, 0.6) is 0 Å². The molecule has 1 amide bonds. The second-order valence-electron chi connectivity index (χ2n) is 5.26. The van der Waals surface area contributed by atoms with Crippen molar-refractivity contribution in [1.82, 2.24) is 9.36 Å². The maximum atomic E-state index is 12.3. The predicted octanol–water partition coefficient (Wildman–Crippen LogP) is 3.88. The molecule has 1 aromatic carbocycles. The van der Waals surface area contributed by atoms with Crippen molar-refractivity contribution in [2.45, 2.75) is 25.7 Å². The third kappa shape index (κ3) is 2.70. The molecule has 1 aliphatic carbocycles. The molecule has 3 rings (SSSR count). The highest BCUT2D eigenvalue weighted by molar-refractivity contribution is 7.09. The van der Waals surface area contributed by atoms with Crippen LogP contribution in [0.3, 0.4) is 0 Å². The molecule has 0 spiro atoms. The number of carbonyl (C=O) groups excluding carboxylic acids is 1. The van der Waals surface area contributed by atoms with Crippen molar-refractivity contribution in [1.29, 1.82) is 5.26 Å². The van der Waals surface area contributed by atoms with Crippen LogP contribution in [0.4, 0.5) is 5.95 Å². The van der Waals surface area contributed by atoms with Gasteiger partial charge in [-0.05, 0) is 30.4 Å². The average molecular weight is 333 g/mol. The topological polar surface area (TPSA) is 78.7 Å². The zero-order chi connectivity index (χ0) is 15.6. The molecule has 5 nitrogen and oxygen atoms in total. The minimum Gasteiger partial charge on any atom is -0.292 e. The van der Waals surface area contributed by atoms with Gasteiger partial charge in [0.05, 0.1) is 11.1 Å². The maximum absolute atomic E-state index is 12.3. The van der Waals surface area contributed by atoms with Gasteiger partial charge in [-0.25, -0.2) is 0 Å². The number of rotatable bonds is 3. The number of hydrogen-bond acceptors (Lipinski definition) is 5. The first kappa shape index (κ1) is 14.9. The normalized spacial score (nSPS) is 16.2. The molecule has 7 heteroatoms. The van der Waals surface area contributed by atoms with E-state index in [0.717, 1.165) is 29.9 Å². The van der Waals surface area contributed by atoms with Crippen molar-refractivity contribution in [3.63, 3.8) is 0 Å². The fraction of sp³-hybridized carbons (Fsp3) is 0.333. The molecular formula is C15H13ClN4OS. The summed E-state index contributed by atoms with van der Waals surface area (Å²) in [5, 5.41) is 13.2. The van der Waals surface area contributed by atoms with Gasteiger partial charge in [0, 0.05) is 5.56 Å². The van der Waals surface area contributed by atoms with Crippen LogP contribution < -0.4 is 5.32 Å². The Bertz CT molecular complexity index is 746. The summed E-state index contributed by atoms with van der Waals surface area (Å²) in [4.78, 5) is 16.6. The lowest BCUT2D eigenvalue weighted by Crippen LogP contribution is -2.32. The molecule has 1 aromatic heterocycles. The first-order chi connectivity index (χ1) is 10.6. The van der Waals surface area contributed by atoms with Crippen LogP contribution in [0.1, 0.15) is 25.7 Å². The highest BCUT2D eigenvalue weighted by atomic mass is 35.5. The van der Waals surface area contributed by atoms with Crippen LogP contribution in [-0.4, -0.2) is 15.3 Å². The summed E-state index contributed by atoms with van der Waals surface area (Å²) in [6.07, 6.45) is 2.99. The zero-order valence-electron chi connectivity index (χ0n) is 11.7. The molecule has 0 radical (unpaired) electrons. The lowest BCUT2D eigenvalue weighted by Gasteiger charge is -2.17. The maximum Gasteiger partial charge on any atom is 0.247 e. The average Bonchev–Trinajstić information content (AvgIpc) is 3.17. The second kappa shape index (κ2) is 6.03. The first-order valence-corrected chi connectivity index (χ1v) is 8.11. The Morgan fingerprint density at radius 2 is 2.09 bits per heavy atom. The standard InChI is InChI=1S/C15H13ClN4OS/c16-11-6-2-1-5-10(11)12-18-14(20-22-12)19-13(21)15(9-17)7-3-4-8-15/h1-2,5-6H,3-4,7-8H2,(H,19,20,21). The fourth-order valence-corrected chi connectivity index (χ4v) is 3.55. The molecular weight excluding hydrogens is 320 g/mol. The number of nitrogens with zero attached hydrogens (tertiary/aromatic N) is 3. The van der Waals surface area contributed by atoms with Crippen molar-refractivity contribution in [2.75, 3.05) is 5.32 Å². The molecule has 22 heavy (non-hydrogen) atoms. The number of amides is 1. The van der Waals surface area contributed by atoms with E-state index in [2.05, 4.69) is 20.7 Å². The van der Waals surface area contributed by atoms with E-state index >= 15 is 0 Å². The SMILES string of the molecule is N#CC1(C(=O)Nc2nsc(-c3ccccc3Cl)n2)CCCC1. The monoisotopic (exact) mass is 332 g/mol. The van der Waals surface area contributed by atoms with E-state index < -0.39 is 5.41 Å². The summed E-state index contributed by atoms with van der Waals surface area (Å²) in [7, 11) is 0. The molecule has 0 unspecified atom stereocenters. The molecule has 0 saturated heterocycles. The van der Waals surface area contributed by atoms with Gasteiger partial charge >= 0.3 is 0 Å². The number of benzene rings is 1. The van der Waals surface area contributed by atoms with Crippen molar-refractivity contribution in [2.24, 2.45) is 5.41 Å². The second-order valence-corrected chi connectivity index (χ2v) is 6.42. The third-order valence-corrected chi connectivity index (χ3v) is 4.94. The van der Waals surface area contributed by atoms with Crippen LogP contribution in [-0.2, 0) is 4.79 Å². The third-order valence-electron chi connectivity index (χ3n) is 3.86. The number of nitrogens with one attached hydrogen (secondary N) is 1. The molecule has 1 saturated carbocycles. The number of halogens is 1. The van der Waals surface area contributed by atoms with Crippen molar-refractivity contribution >= 4 is 35.0 Å². The minimum absolute atomic E-state index is 0.228. The summed E-state index contributed by atoms with van der Waals surface area (Å²) in [5.41, 5.74) is -0.159. The van der Waals surface area contributed by atoms with Crippen molar-refractivity contribution in [3.8, 4) is 16.6 Å². The summed E-state index contributed by atoms with van der Waals surface area (Å²) >= 11 is 7.30. The van der Waals surface area contributed by atoms with Gasteiger partial charge in [-0.2, -0.15) is 14.6 Å². The van der Waals surface area contributed by atoms with E-state index in [9.17, 15) is 10.1 Å². The Balaban J connectivity index is 1.79. The van der Waals surface area contributed by atoms with Gasteiger partial charge < -0.3 is 0 Å². The van der Waals surface area contributed by atoms with Gasteiger partial charge in [-0.15, -0.1) is 0 Å². The van der Waals surface area contributed by atoms with Gasteiger partial charge in [-0.1, -0.05) is 42.6 Å². The molecule has 0 atom stereocenters. The van der Waals surface area contributed by atoms with E-state index in [4.69, 9.17) is 11.6 Å². The molecule has 0 aliphatic heterocycles. The Labute approximate surface area is 137 Å². The van der Waals surface area contributed by atoms with Crippen LogP contribution in [0.15, 0.2) is 24.3 Å². The van der Waals surface area contributed by atoms with E-state index in [0.29, 0.717) is 22.9 Å². The lowest BCUT2D eigenvalue weighted by molar-refractivity contribution is -0.122.